The molecule has 2 heterocycles. The van der Waals surface area contributed by atoms with Gasteiger partial charge in [0.2, 0.25) is 0 Å². The van der Waals surface area contributed by atoms with E-state index in [9.17, 15) is 0 Å². The third kappa shape index (κ3) is 3.98. The zero-order valence-corrected chi connectivity index (χ0v) is 17.5. The van der Waals surface area contributed by atoms with E-state index in [-0.39, 0.29) is 1.43 Å². The van der Waals surface area contributed by atoms with Crippen LogP contribution in [0.4, 0.5) is 5.82 Å². The van der Waals surface area contributed by atoms with Gasteiger partial charge in [-0.2, -0.15) is 0 Å². The van der Waals surface area contributed by atoms with Gasteiger partial charge in [-0.05, 0) is 65.4 Å². The Labute approximate surface area is 178 Å². The maximum absolute atomic E-state index is 5.45. The van der Waals surface area contributed by atoms with Gasteiger partial charge in [0.25, 0.3) is 0 Å². The van der Waals surface area contributed by atoms with Crippen molar-refractivity contribution in [3.63, 3.8) is 0 Å². The van der Waals surface area contributed by atoms with Gasteiger partial charge in [0.15, 0.2) is 0 Å². The number of hydrogen-bond donors (Lipinski definition) is 1. The summed E-state index contributed by atoms with van der Waals surface area (Å²) in [4.78, 5) is 6.63. The Kier molecular flexibility index (Phi) is 5.40. The average molecular weight is 398 g/mol. The van der Waals surface area contributed by atoms with Crippen LogP contribution < -0.4 is 5.32 Å². The summed E-state index contributed by atoms with van der Waals surface area (Å²) < 4.78 is 5.45. The first-order valence-corrected chi connectivity index (χ1v) is 9.89. The molecule has 4 nitrogen and oxygen atoms in total. The highest BCUT2D eigenvalue weighted by Crippen LogP contribution is 2.26. The molecular formula is C26H27N3O. The Morgan fingerprint density at radius 3 is 2.60 bits per heavy atom. The molecule has 0 aliphatic heterocycles. The third-order valence-corrected chi connectivity index (χ3v) is 4.99. The second-order valence-electron chi connectivity index (χ2n) is 7.38. The first-order chi connectivity index (χ1) is 14.6. The summed E-state index contributed by atoms with van der Waals surface area (Å²) in [5, 5.41) is 6.76. The Bertz CT molecular complexity index is 1280. The smallest absolute Gasteiger partial charge is 0.133 e. The molecule has 0 unspecified atom stereocenters. The van der Waals surface area contributed by atoms with Crippen molar-refractivity contribution in [3.8, 4) is 0 Å². The van der Waals surface area contributed by atoms with E-state index < -0.39 is 0 Å². The fraction of sp³-hybridized carbons (Fsp3) is 0.115. The van der Waals surface area contributed by atoms with Gasteiger partial charge < -0.3 is 14.6 Å². The first kappa shape index (κ1) is 19.5. The quantitative estimate of drug-likeness (QED) is 0.364. The van der Waals surface area contributed by atoms with Crippen LogP contribution in [0.15, 0.2) is 90.3 Å². The molecule has 30 heavy (non-hydrogen) atoms. The van der Waals surface area contributed by atoms with Crippen molar-refractivity contribution < 1.29 is 5.84 Å². The van der Waals surface area contributed by atoms with E-state index in [0.29, 0.717) is 0 Å². The summed E-state index contributed by atoms with van der Waals surface area (Å²) in [5.74, 6) is 0.803. The van der Waals surface area contributed by atoms with E-state index in [1.807, 2.05) is 50.3 Å². The molecule has 2 aromatic heterocycles. The number of allylic oxidation sites excluding steroid dienone is 3. The number of aromatic nitrogens is 1. The van der Waals surface area contributed by atoms with E-state index in [1.165, 1.54) is 0 Å². The Morgan fingerprint density at radius 2 is 1.83 bits per heavy atom. The summed E-state index contributed by atoms with van der Waals surface area (Å²) in [5.41, 5.74) is 5.18. The summed E-state index contributed by atoms with van der Waals surface area (Å²) in [6, 6.07) is 16.6. The van der Waals surface area contributed by atoms with E-state index in [4.69, 9.17) is 4.42 Å². The lowest BCUT2D eigenvalue weighted by atomic mass is 10.0. The van der Waals surface area contributed by atoms with E-state index in [0.717, 1.165) is 50.0 Å². The summed E-state index contributed by atoms with van der Waals surface area (Å²) in [6.07, 6.45) is 9.61. The van der Waals surface area contributed by atoms with Crippen LogP contribution >= 0.6 is 0 Å². The number of hydrogen-bond acceptors (Lipinski definition) is 4. The molecule has 0 spiro atoms. The lowest BCUT2D eigenvalue weighted by molar-refractivity contribution is 0.566. The molecule has 0 aliphatic carbocycles. The minimum atomic E-state index is 0. The standard InChI is InChI=1S/C26H25N3O.H2/c1-5-18(17-29(3)4)19-7-8-22-16-27-26(15-23(22)13-19)28-24(6-2)20-9-10-25-21(14-20)11-12-30-25;/h5-17H,1H2,2-4H3,(H,27,28);1H/b18-17+,24-6-;. The van der Waals surface area contributed by atoms with Gasteiger partial charge >= 0.3 is 0 Å². The van der Waals surface area contributed by atoms with Crippen LogP contribution in [-0.4, -0.2) is 24.0 Å². The lowest BCUT2D eigenvalue weighted by Crippen LogP contribution is -2.02. The van der Waals surface area contributed by atoms with Gasteiger partial charge in [0, 0.05) is 44.4 Å². The molecule has 0 fully saturated rings. The number of nitrogens with zero attached hydrogens (tertiary/aromatic N) is 2. The highest BCUT2D eigenvalue weighted by molar-refractivity contribution is 5.90. The monoisotopic (exact) mass is 397 g/mol. The summed E-state index contributed by atoms with van der Waals surface area (Å²) in [6.45, 7) is 5.97. The molecule has 0 bridgehead atoms. The topological polar surface area (TPSA) is 41.3 Å². The third-order valence-electron chi connectivity index (χ3n) is 4.99. The molecule has 0 aliphatic rings. The second-order valence-corrected chi connectivity index (χ2v) is 7.38. The van der Waals surface area contributed by atoms with Gasteiger partial charge in [-0.15, -0.1) is 0 Å². The minimum absolute atomic E-state index is 0. The zero-order valence-electron chi connectivity index (χ0n) is 17.5. The predicted molar refractivity (Wildman–Crippen MR) is 129 cm³/mol. The number of fused-ring (bicyclic) bond motifs is 2. The highest BCUT2D eigenvalue weighted by atomic mass is 16.3. The van der Waals surface area contributed by atoms with Crippen molar-refractivity contribution in [3.05, 3.63) is 97.0 Å². The molecule has 0 radical (unpaired) electrons. The molecule has 0 saturated heterocycles. The van der Waals surface area contributed by atoms with Crippen molar-refractivity contribution in [1.82, 2.24) is 9.88 Å². The maximum atomic E-state index is 5.45. The lowest BCUT2D eigenvalue weighted by Gasteiger charge is -2.13. The van der Waals surface area contributed by atoms with Crippen LogP contribution in [0, 0.1) is 0 Å². The minimum Gasteiger partial charge on any atom is -0.464 e. The molecule has 152 valence electrons. The Balaban J connectivity index is 0.00000272. The average Bonchev–Trinajstić information content (AvgIpc) is 3.23. The zero-order chi connectivity index (χ0) is 21.1. The Morgan fingerprint density at radius 1 is 1.03 bits per heavy atom. The van der Waals surface area contributed by atoms with Crippen LogP contribution in [0.25, 0.3) is 33.0 Å². The fourth-order valence-electron chi connectivity index (χ4n) is 3.50. The fourth-order valence-corrected chi connectivity index (χ4v) is 3.50. The number of nitrogens with one attached hydrogen (secondary N) is 1. The number of furan rings is 1. The number of benzene rings is 2. The SMILES string of the molecule is C=C/C(=C\N(C)C)c1ccc2cnc(N/C(=C\C)c3ccc4occc4c3)cc2c1.[HH]. The van der Waals surface area contributed by atoms with E-state index >= 15 is 0 Å². The molecule has 4 rings (SSSR count). The Hall–Kier alpha value is -3.79. The number of anilines is 1. The predicted octanol–water partition coefficient (Wildman–Crippen LogP) is 6.79. The van der Waals surface area contributed by atoms with Crippen LogP contribution in [0.3, 0.4) is 0 Å². The second kappa shape index (κ2) is 8.29. The van der Waals surface area contributed by atoms with Crippen LogP contribution in [0.1, 0.15) is 19.5 Å². The van der Waals surface area contributed by atoms with Gasteiger partial charge in [0.1, 0.15) is 11.4 Å². The van der Waals surface area contributed by atoms with Crippen molar-refractivity contribution >= 4 is 38.8 Å². The number of rotatable bonds is 6. The first-order valence-electron chi connectivity index (χ1n) is 9.89. The molecule has 1 N–H and O–H groups in total. The van der Waals surface area contributed by atoms with Crippen LogP contribution in [-0.2, 0) is 0 Å². The summed E-state index contributed by atoms with van der Waals surface area (Å²) in [7, 11) is 4.02. The molecule has 0 saturated carbocycles. The molecule has 4 heteroatoms. The normalized spacial score (nSPS) is 12.4. The number of pyridine rings is 1. The largest absolute Gasteiger partial charge is 0.464 e. The van der Waals surface area contributed by atoms with Crippen LogP contribution in [0.2, 0.25) is 0 Å². The molecule has 0 atom stereocenters. The molecule has 2 aromatic carbocycles. The van der Waals surface area contributed by atoms with Crippen molar-refractivity contribution in [2.45, 2.75) is 6.92 Å². The van der Waals surface area contributed by atoms with Crippen molar-refractivity contribution in [2.75, 3.05) is 19.4 Å². The highest BCUT2D eigenvalue weighted by Gasteiger charge is 2.07. The maximum Gasteiger partial charge on any atom is 0.133 e. The van der Waals surface area contributed by atoms with Gasteiger partial charge in [0.05, 0.1) is 6.26 Å². The van der Waals surface area contributed by atoms with E-state index in [1.54, 1.807) is 6.26 Å². The molecule has 0 amide bonds. The van der Waals surface area contributed by atoms with Crippen LogP contribution in [0.5, 0.6) is 0 Å². The van der Waals surface area contributed by atoms with E-state index in [2.05, 4.69) is 65.6 Å². The van der Waals surface area contributed by atoms with Gasteiger partial charge in [-0.25, -0.2) is 4.98 Å². The van der Waals surface area contributed by atoms with Gasteiger partial charge in [-0.3, -0.25) is 0 Å². The molecule has 4 aromatic rings. The van der Waals surface area contributed by atoms with Gasteiger partial charge in [-0.1, -0.05) is 30.9 Å². The van der Waals surface area contributed by atoms with Crippen molar-refractivity contribution in [2.24, 2.45) is 0 Å². The molecular weight excluding hydrogens is 370 g/mol. The van der Waals surface area contributed by atoms with Crippen molar-refractivity contribution in [1.29, 1.82) is 0 Å². The summed E-state index contributed by atoms with van der Waals surface area (Å²) >= 11 is 0.